The van der Waals surface area contributed by atoms with Crippen molar-refractivity contribution in [3.05, 3.63) is 46.2 Å². The van der Waals surface area contributed by atoms with Gasteiger partial charge in [0.05, 0.1) is 13.2 Å². The van der Waals surface area contributed by atoms with Crippen LogP contribution in [0, 0.1) is 0 Å². The molecular weight excluding hydrogens is 428 g/mol. The zero-order valence-corrected chi connectivity index (χ0v) is 18.7. The van der Waals surface area contributed by atoms with Gasteiger partial charge in [0, 0.05) is 34.9 Å². The summed E-state index contributed by atoms with van der Waals surface area (Å²) >= 11 is 1.61. The fourth-order valence-electron chi connectivity index (χ4n) is 4.80. The van der Waals surface area contributed by atoms with E-state index in [-0.39, 0.29) is 5.91 Å². The summed E-state index contributed by atoms with van der Waals surface area (Å²) in [7, 11) is 0. The van der Waals surface area contributed by atoms with Gasteiger partial charge in [-0.2, -0.15) is 0 Å². The molecule has 1 aromatic carbocycles. The van der Waals surface area contributed by atoms with Crippen LogP contribution in [-0.4, -0.2) is 55.1 Å². The van der Waals surface area contributed by atoms with Crippen molar-refractivity contribution in [2.24, 2.45) is 0 Å². The smallest absolute Gasteiger partial charge is 0.326 e. The van der Waals surface area contributed by atoms with Gasteiger partial charge in [-0.15, -0.1) is 11.3 Å². The molecule has 5 rings (SSSR count). The number of hydrogen-bond donors (Lipinski definition) is 2. The molecule has 2 atom stereocenters. The first-order valence-corrected chi connectivity index (χ1v) is 11.8. The average Bonchev–Trinajstić information content (AvgIpc) is 3.38. The molecule has 1 spiro atoms. The van der Waals surface area contributed by atoms with Crippen molar-refractivity contribution in [2.45, 2.75) is 37.8 Å². The lowest BCUT2D eigenvalue weighted by Gasteiger charge is -2.31. The van der Waals surface area contributed by atoms with Gasteiger partial charge in [-0.05, 0) is 61.9 Å². The van der Waals surface area contributed by atoms with Gasteiger partial charge in [-0.1, -0.05) is 0 Å². The molecule has 2 aromatic rings. The maximum atomic E-state index is 13.4. The quantitative estimate of drug-likeness (QED) is 0.694. The molecule has 3 aliphatic rings. The van der Waals surface area contributed by atoms with Crippen molar-refractivity contribution >= 4 is 40.6 Å². The Morgan fingerprint density at radius 1 is 1.19 bits per heavy atom. The molecule has 168 valence electrons. The minimum absolute atomic E-state index is 0.341. The molecule has 1 aromatic heterocycles. The SMILES string of the molecule is CC(C(=O)Nc1ccc(N2CCOCC2)cc1)N1C(=O)NC2(CCCc3sccc32)C1=O. The first-order chi connectivity index (χ1) is 15.5. The molecule has 32 heavy (non-hydrogen) atoms. The van der Waals surface area contributed by atoms with E-state index in [4.69, 9.17) is 4.74 Å². The lowest BCUT2D eigenvalue weighted by molar-refractivity contribution is -0.137. The Bertz CT molecular complexity index is 1050. The van der Waals surface area contributed by atoms with Gasteiger partial charge < -0.3 is 20.3 Å². The lowest BCUT2D eigenvalue weighted by Crippen LogP contribution is -2.49. The van der Waals surface area contributed by atoms with Crippen LogP contribution >= 0.6 is 11.3 Å². The number of hydrogen-bond acceptors (Lipinski definition) is 6. The Morgan fingerprint density at radius 2 is 1.94 bits per heavy atom. The van der Waals surface area contributed by atoms with Gasteiger partial charge in [0.15, 0.2) is 0 Å². The number of morpholine rings is 1. The van der Waals surface area contributed by atoms with Crippen molar-refractivity contribution in [2.75, 3.05) is 36.5 Å². The Kier molecular flexibility index (Phi) is 5.38. The van der Waals surface area contributed by atoms with Crippen LogP contribution < -0.4 is 15.5 Å². The number of amides is 4. The predicted molar refractivity (Wildman–Crippen MR) is 122 cm³/mol. The number of nitrogens with one attached hydrogen (secondary N) is 2. The minimum atomic E-state index is -1.04. The summed E-state index contributed by atoms with van der Waals surface area (Å²) in [6, 6.07) is 8.05. The topological polar surface area (TPSA) is 91.0 Å². The molecule has 0 saturated carbocycles. The summed E-state index contributed by atoms with van der Waals surface area (Å²) in [5, 5.41) is 7.70. The predicted octanol–water partition coefficient (Wildman–Crippen LogP) is 2.70. The highest BCUT2D eigenvalue weighted by Crippen LogP contribution is 2.42. The van der Waals surface area contributed by atoms with E-state index < -0.39 is 23.5 Å². The normalized spacial score (nSPS) is 23.8. The first-order valence-electron chi connectivity index (χ1n) is 11.0. The third-order valence-corrected chi connectivity index (χ3v) is 7.54. The summed E-state index contributed by atoms with van der Waals surface area (Å²) < 4.78 is 5.38. The van der Waals surface area contributed by atoms with Crippen molar-refractivity contribution in [1.82, 2.24) is 10.2 Å². The molecule has 2 saturated heterocycles. The zero-order valence-electron chi connectivity index (χ0n) is 17.9. The number of rotatable bonds is 4. The largest absolute Gasteiger partial charge is 0.378 e. The van der Waals surface area contributed by atoms with Crippen LogP contribution in [-0.2, 0) is 26.3 Å². The molecule has 9 heteroatoms. The van der Waals surface area contributed by atoms with E-state index in [0.717, 1.165) is 47.0 Å². The van der Waals surface area contributed by atoms with E-state index >= 15 is 0 Å². The Morgan fingerprint density at radius 3 is 2.69 bits per heavy atom. The standard InChI is InChI=1S/C23H26N4O4S/c1-15(20(28)24-16-4-6-17(7-5-16)26-10-12-31-13-11-26)27-21(29)23(25-22(27)30)9-2-3-19-18(23)8-14-32-19/h4-8,14-15H,2-3,9-13H2,1H3,(H,24,28)(H,25,30). The van der Waals surface area contributed by atoms with Crippen LogP contribution in [0.4, 0.5) is 16.2 Å². The van der Waals surface area contributed by atoms with Gasteiger partial charge in [0.2, 0.25) is 5.91 Å². The molecule has 2 fully saturated rings. The monoisotopic (exact) mass is 454 g/mol. The first kappa shape index (κ1) is 21.0. The number of urea groups is 1. The van der Waals surface area contributed by atoms with Crippen molar-refractivity contribution < 1.29 is 19.1 Å². The van der Waals surface area contributed by atoms with E-state index in [1.807, 2.05) is 35.7 Å². The van der Waals surface area contributed by atoms with Crippen LogP contribution in [0.25, 0.3) is 0 Å². The summed E-state index contributed by atoms with van der Waals surface area (Å²) in [4.78, 5) is 43.6. The fraction of sp³-hybridized carbons (Fsp3) is 0.435. The molecule has 0 bridgehead atoms. The Labute approximate surface area is 190 Å². The van der Waals surface area contributed by atoms with E-state index in [1.54, 1.807) is 18.3 Å². The van der Waals surface area contributed by atoms with Gasteiger partial charge in [0.1, 0.15) is 11.6 Å². The highest BCUT2D eigenvalue weighted by molar-refractivity contribution is 7.10. The minimum Gasteiger partial charge on any atom is -0.378 e. The van der Waals surface area contributed by atoms with E-state index in [9.17, 15) is 14.4 Å². The molecule has 0 radical (unpaired) electrons. The summed E-state index contributed by atoms with van der Waals surface area (Å²) in [6.45, 7) is 4.67. The Hall–Kier alpha value is -2.91. The molecule has 3 heterocycles. The zero-order chi connectivity index (χ0) is 22.3. The fourth-order valence-corrected chi connectivity index (χ4v) is 5.80. The van der Waals surface area contributed by atoms with Gasteiger partial charge in [-0.25, -0.2) is 9.69 Å². The maximum absolute atomic E-state index is 13.4. The van der Waals surface area contributed by atoms with Crippen LogP contribution in [0.2, 0.25) is 0 Å². The summed E-state index contributed by atoms with van der Waals surface area (Å²) in [6.07, 6.45) is 2.28. The van der Waals surface area contributed by atoms with Crippen LogP contribution in [0.5, 0.6) is 0 Å². The van der Waals surface area contributed by atoms with Crippen LogP contribution in [0.1, 0.15) is 30.2 Å². The van der Waals surface area contributed by atoms with E-state index in [2.05, 4.69) is 15.5 Å². The summed E-state index contributed by atoms with van der Waals surface area (Å²) in [5.41, 5.74) is 1.53. The molecule has 2 aliphatic heterocycles. The lowest BCUT2D eigenvalue weighted by atomic mass is 9.80. The molecule has 4 amide bonds. The summed E-state index contributed by atoms with van der Waals surface area (Å²) in [5.74, 6) is -0.738. The number of benzene rings is 1. The number of imide groups is 1. The second kappa shape index (κ2) is 8.22. The number of ether oxygens (including phenoxy) is 1. The third-order valence-electron chi connectivity index (χ3n) is 6.56. The number of thiophene rings is 1. The number of carbonyl (C=O) groups is 3. The highest BCUT2D eigenvalue weighted by atomic mass is 32.1. The molecule has 8 nitrogen and oxygen atoms in total. The number of anilines is 2. The molecular formula is C23H26N4O4S. The van der Waals surface area contributed by atoms with E-state index in [1.165, 1.54) is 0 Å². The molecule has 2 N–H and O–H groups in total. The van der Waals surface area contributed by atoms with Crippen LogP contribution in [0.3, 0.4) is 0 Å². The van der Waals surface area contributed by atoms with Crippen molar-refractivity contribution in [3.63, 3.8) is 0 Å². The van der Waals surface area contributed by atoms with Gasteiger partial charge in [0.25, 0.3) is 5.91 Å². The number of aryl methyl sites for hydroxylation is 1. The van der Waals surface area contributed by atoms with Gasteiger partial charge >= 0.3 is 6.03 Å². The maximum Gasteiger partial charge on any atom is 0.326 e. The third kappa shape index (κ3) is 3.45. The average molecular weight is 455 g/mol. The Balaban J connectivity index is 1.29. The second-order valence-electron chi connectivity index (χ2n) is 8.43. The van der Waals surface area contributed by atoms with Crippen LogP contribution in [0.15, 0.2) is 35.7 Å². The molecule has 1 aliphatic carbocycles. The second-order valence-corrected chi connectivity index (χ2v) is 9.43. The molecule has 2 unspecified atom stereocenters. The van der Waals surface area contributed by atoms with Crippen molar-refractivity contribution in [3.8, 4) is 0 Å². The number of carbonyl (C=O) groups excluding carboxylic acids is 3. The van der Waals surface area contributed by atoms with E-state index in [0.29, 0.717) is 25.3 Å². The number of nitrogens with zero attached hydrogens (tertiary/aromatic N) is 2. The highest BCUT2D eigenvalue weighted by Gasteiger charge is 2.56. The number of fused-ring (bicyclic) bond motifs is 2. The van der Waals surface area contributed by atoms with Crippen molar-refractivity contribution in [1.29, 1.82) is 0 Å². The van der Waals surface area contributed by atoms with Gasteiger partial charge in [-0.3, -0.25) is 9.59 Å².